The Hall–Kier alpha value is -0.980. The van der Waals surface area contributed by atoms with E-state index >= 15 is 0 Å². The fraction of sp³-hybridized carbons (Fsp3) is 0.750. The molecule has 0 aliphatic carbocycles. The van der Waals surface area contributed by atoms with Crippen LogP contribution in [0.3, 0.4) is 0 Å². The zero-order valence-electron chi connectivity index (χ0n) is 14.2. The van der Waals surface area contributed by atoms with Crippen LogP contribution in [0.25, 0.3) is 0 Å². The molecule has 0 radical (unpaired) electrons. The summed E-state index contributed by atoms with van der Waals surface area (Å²) in [5.74, 6) is -0.0256. The summed E-state index contributed by atoms with van der Waals surface area (Å²) in [6.45, 7) is 13.9. The number of aromatic nitrogens is 1. The van der Waals surface area contributed by atoms with Crippen molar-refractivity contribution in [2.45, 2.75) is 52.2 Å². The second kappa shape index (κ2) is 7.06. The lowest BCUT2D eigenvalue weighted by Crippen LogP contribution is -2.47. The molecule has 0 aromatic carbocycles. The smallest absolute Gasteiger partial charge is 0.263 e. The highest BCUT2D eigenvalue weighted by Gasteiger charge is 2.22. The van der Waals surface area contributed by atoms with E-state index in [1.165, 1.54) is 11.3 Å². The predicted molar refractivity (Wildman–Crippen MR) is 89.6 cm³/mol. The molecule has 2 rings (SSSR count). The van der Waals surface area contributed by atoms with Crippen molar-refractivity contribution in [2.24, 2.45) is 0 Å². The van der Waals surface area contributed by atoms with E-state index in [0.29, 0.717) is 11.4 Å². The molecule has 2 atom stereocenters. The quantitative estimate of drug-likeness (QED) is 0.923. The van der Waals surface area contributed by atoms with Gasteiger partial charge in [0.2, 0.25) is 0 Å². The maximum Gasteiger partial charge on any atom is 0.263 e. The molecule has 1 aromatic heterocycles. The van der Waals surface area contributed by atoms with E-state index in [4.69, 9.17) is 4.74 Å². The van der Waals surface area contributed by atoms with Crippen molar-refractivity contribution in [3.63, 3.8) is 0 Å². The Morgan fingerprint density at radius 3 is 2.59 bits per heavy atom. The van der Waals surface area contributed by atoms with Crippen LogP contribution in [0.2, 0.25) is 0 Å². The number of hydrogen-bond acceptors (Lipinski definition) is 5. The zero-order chi connectivity index (χ0) is 16.3. The molecule has 6 heteroatoms. The van der Waals surface area contributed by atoms with Crippen molar-refractivity contribution in [1.29, 1.82) is 0 Å². The van der Waals surface area contributed by atoms with Crippen LogP contribution >= 0.6 is 11.3 Å². The summed E-state index contributed by atoms with van der Waals surface area (Å²) in [5, 5.41) is 3.98. The second-order valence-electron chi connectivity index (χ2n) is 7.05. The Morgan fingerprint density at radius 2 is 2.05 bits per heavy atom. The lowest BCUT2D eigenvalue weighted by molar-refractivity contribution is -0.0672. The number of hydrogen-bond donors (Lipinski definition) is 1. The third-order valence-electron chi connectivity index (χ3n) is 3.58. The topological polar surface area (TPSA) is 54.5 Å². The normalized spacial score (nSPS) is 23.5. The third-order valence-corrected chi connectivity index (χ3v) is 5.00. The molecule has 2 heterocycles. The second-order valence-corrected chi connectivity index (χ2v) is 8.08. The van der Waals surface area contributed by atoms with Gasteiger partial charge in [0.25, 0.3) is 5.91 Å². The van der Waals surface area contributed by atoms with Crippen molar-refractivity contribution in [3.05, 3.63) is 16.1 Å². The van der Waals surface area contributed by atoms with Crippen LogP contribution in [-0.4, -0.2) is 54.2 Å². The van der Waals surface area contributed by atoms with Gasteiger partial charge in [-0.1, -0.05) is 20.8 Å². The van der Waals surface area contributed by atoms with Crippen molar-refractivity contribution >= 4 is 17.2 Å². The Kier molecular flexibility index (Phi) is 5.58. The van der Waals surface area contributed by atoms with Crippen molar-refractivity contribution in [3.8, 4) is 0 Å². The van der Waals surface area contributed by atoms with E-state index < -0.39 is 0 Å². The summed E-state index contributed by atoms with van der Waals surface area (Å²) in [6, 6.07) is 0. The molecule has 5 nitrogen and oxygen atoms in total. The summed E-state index contributed by atoms with van der Waals surface area (Å²) in [4.78, 5) is 19.6. The molecule has 1 fully saturated rings. The molecule has 1 aromatic rings. The molecule has 0 unspecified atom stereocenters. The van der Waals surface area contributed by atoms with E-state index in [9.17, 15) is 4.79 Å². The Balaban J connectivity index is 1.79. The van der Waals surface area contributed by atoms with Gasteiger partial charge in [0.1, 0.15) is 4.88 Å². The number of nitrogens with zero attached hydrogens (tertiary/aromatic N) is 2. The average Bonchev–Trinajstić information content (AvgIpc) is 2.86. The highest BCUT2D eigenvalue weighted by Crippen LogP contribution is 2.26. The summed E-state index contributed by atoms with van der Waals surface area (Å²) in [6.07, 6.45) is 2.20. The number of thiazole rings is 1. The molecule has 124 valence electrons. The number of amides is 1. The number of rotatable bonds is 4. The van der Waals surface area contributed by atoms with Crippen molar-refractivity contribution in [2.75, 3.05) is 26.2 Å². The van der Waals surface area contributed by atoms with Gasteiger partial charge in [0.15, 0.2) is 0 Å². The van der Waals surface area contributed by atoms with Crippen LogP contribution in [0.5, 0.6) is 0 Å². The minimum atomic E-state index is -0.0256. The van der Waals surface area contributed by atoms with E-state index in [2.05, 4.69) is 49.8 Å². The Morgan fingerprint density at radius 1 is 1.41 bits per heavy atom. The van der Waals surface area contributed by atoms with Crippen LogP contribution in [0.4, 0.5) is 0 Å². The molecule has 0 saturated carbocycles. The number of ether oxygens (including phenoxy) is 1. The van der Waals surface area contributed by atoms with E-state index in [1.54, 1.807) is 6.20 Å². The SMILES string of the molecule is C[C@H]1CN(CCNC(=O)c2cnc(C(C)(C)C)s2)C[C@H](C)O1. The number of carbonyl (C=O) groups excluding carboxylic acids is 1. The first-order valence-electron chi connectivity index (χ1n) is 7.88. The van der Waals surface area contributed by atoms with Gasteiger partial charge < -0.3 is 10.1 Å². The monoisotopic (exact) mass is 325 g/mol. The maximum atomic E-state index is 12.2. The van der Waals surface area contributed by atoms with Gasteiger partial charge in [0.05, 0.1) is 23.4 Å². The van der Waals surface area contributed by atoms with Crippen LogP contribution in [0.15, 0.2) is 6.20 Å². The van der Waals surface area contributed by atoms with Crippen molar-refractivity contribution < 1.29 is 9.53 Å². The molecule has 1 amide bonds. The van der Waals surface area contributed by atoms with Gasteiger partial charge in [-0.3, -0.25) is 9.69 Å². The first kappa shape index (κ1) is 17.4. The van der Waals surface area contributed by atoms with Gasteiger partial charge in [0, 0.05) is 31.6 Å². The van der Waals surface area contributed by atoms with Crippen LogP contribution < -0.4 is 5.32 Å². The first-order valence-corrected chi connectivity index (χ1v) is 8.69. The van der Waals surface area contributed by atoms with E-state index in [1.807, 2.05) is 0 Å². The fourth-order valence-electron chi connectivity index (χ4n) is 2.61. The lowest BCUT2D eigenvalue weighted by Gasteiger charge is -2.35. The summed E-state index contributed by atoms with van der Waals surface area (Å²) < 4.78 is 5.71. The molecular weight excluding hydrogens is 298 g/mol. The van der Waals surface area contributed by atoms with E-state index in [-0.39, 0.29) is 23.5 Å². The van der Waals surface area contributed by atoms with Crippen LogP contribution in [-0.2, 0) is 10.2 Å². The van der Waals surface area contributed by atoms with Gasteiger partial charge in [-0.2, -0.15) is 0 Å². The molecular formula is C16H27N3O2S. The number of morpholine rings is 1. The molecule has 1 saturated heterocycles. The molecule has 22 heavy (non-hydrogen) atoms. The van der Waals surface area contributed by atoms with Gasteiger partial charge in [-0.05, 0) is 13.8 Å². The van der Waals surface area contributed by atoms with Crippen LogP contribution in [0.1, 0.15) is 49.3 Å². The highest BCUT2D eigenvalue weighted by atomic mass is 32.1. The largest absolute Gasteiger partial charge is 0.373 e. The zero-order valence-corrected chi connectivity index (χ0v) is 15.0. The number of nitrogens with one attached hydrogen (secondary N) is 1. The van der Waals surface area contributed by atoms with Gasteiger partial charge in [-0.25, -0.2) is 4.98 Å². The highest BCUT2D eigenvalue weighted by molar-refractivity contribution is 7.13. The summed E-state index contributed by atoms with van der Waals surface area (Å²) in [7, 11) is 0. The van der Waals surface area contributed by atoms with Crippen molar-refractivity contribution in [1.82, 2.24) is 15.2 Å². The molecule has 1 aliphatic heterocycles. The van der Waals surface area contributed by atoms with E-state index in [0.717, 1.165) is 24.6 Å². The average molecular weight is 325 g/mol. The maximum absolute atomic E-state index is 12.2. The molecule has 0 spiro atoms. The standard InChI is InChI=1S/C16H27N3O2S/c1-11-9-19(10-12(2)21-11)7-6-17-14(20)13-8-18-15(22-13)16(3,4)5/h8,11-12H,6-7,9-10H2,1-5H3,(H,17,20)/t11-,12-/m0/s1. The molecule has 1 aliphatic rings. The van der Waals surface area contributed by atoms with Gasteiger partial charge in [-0.15, -0.1) is 11.3 Å². The van der Waals surface area contributed by atoms with Gasteiger partial charge >= 0.3 is 0 Å². The van der Waals surface area contributed by atoms with Crippen LogP contribution in [0, 0.1) is 0 Å². The summed E-state index contributed by atoms with van der Waals surface area (Å²) in [5.41, 5.74) is -0.0106. The predicted octanol–water partition coefficient (Wildman–Crippen LogP) is 2.28. The Bertz CT molecular complexity index is 500. The lowest BCUT2D eigenvalue weighted by atomic mass is 9.98. The molecule has 0 bridgehead atoms. The Labute approximate surface area is 137 Å². The minimum absolute atomic E-state index is 0.0106. The first-order chi connectivity index (χ1) is 10.3. The number of carbonyl (C=O) groups is 1. The summed E-state index contributed by atoms with van der Waals surface area (Å²) >= 11 is 1.48. The molecule has 1 N–H and O–H groups in total. The third kappa shape index (κ3) is 4.76. The minimum Gasteiger partial charge on any atom is -0.373 e. The fourth-order valence-corrected chi connectivity index (χ4v) is 3.50.